The molecule has 3 heterocycles. The molecule has 12 heteroatoms. The Morgan fingerprint density at radius 3 is 2.29 bits per heavy atom. The van der Waals surface area contributed by atoms with E-state index in [-0.39, 0.29) is 17.9 Å². The van der Waals surface area contributed by atoms with Gasteiger partial charge in [-0.3, -0.25) is 4.79 Å². The van der Waals surface area contributed by atoms with Crippen LogP contribution in [0.2, 0.25) is 0 Å². The monoisotopic (exact) mass is 398 g/mol. The van der Waals surface area contributed by atoms with Crippen molar-refractivity contribution in [3.05, 3.63) is 42.6 Å². The Morgan fingerprint density at radius 1 is 1.04 bits per heavy atom. The van der Waals surface area contributed by atoms with Crippen molar-refractivity contribution in [2.75, 3.05) is 31.1 Å². The van der Waals surface area contributed by atoms with Crippen molar-refractivity contribution in [1.29, 1.82) is 0 Å². The summed E-state index contributed by atoms with van der Waals surface area (Å²) in [5.74, 6) is -1.70. The van der Waals surface area contributed by atoms with Crippen LogP contribution in [0.1, 0.15) is 5.82 Å². The highest BCUT2D eigenvalue weighted by Crippen LogP contribution is 2.30. The molecular weight excluding hydrogens is 384 g/mol. The molecule has 148 valence electrons. The second kappa shape index (κ2) is 8.15. The Kier molecular flexibility index (Phi) is 5.66. The number of halogens is 4. The summed E-state index contributed by atoms with van der Waals surface area (Å²) in [7, 11) is 0. The van der Waals surface area contributed by atoms with Gasteiger partial charge in [-0.1, -0.05) is 0 Å². The topological polar surface area (TPSA) is 84.3 Å². The van der Waals surface area contributed by atoms with Crippen molar-refractivity contribution in [3.8, 4) is 11.6 Å². The van der Waals surface area contributed by atoms with E-state index in [1.165, 1.54) is 12.4 Å². The minimum Gasteiger partial charge on any atom is -0.433 e. The molecule has 0 radical (unpaired) electrons. The third-order valence-corrected chi connectivity index (χ3v) is 3.78. The van der Waals surface area contributed by atoms with Crippen LogP contribution < -0.4 is 9.64 Å². The van der Waals surface area contributed by atoms with Gasteiger partial charge in [-0.25, -0.2) is 24.3 Å². The van der Waals surface area contributed by atoms with E-state index >= 15 is 0 Å². The summed E-state index contributed by atoms with van der Waals surface area (Å²) < 4.78 is 56.2. The lowest BCUT2D eigenvalue weighted by molar-refractivity contribution is -0.145. The zero-order chi connectivity index (χ0) is 20.1. The molecule has 0 atom stereocenters. The highest BCUT2D eigenvalue weighted by molar-refractivity contribution is 5.69. The van der Waals surface area contributed by atoms with Crippen molar-refractivity contribution >= 4 is 12.1 Å². The molecule has 8 nitrogen and oxygen atoms in total. The molecule has 0 bridgehead atoms. The fourth-order valence-corrected chi connectivity index (χ4v) is 2.50. The summed E-state index contributed by atoms with van der Waals surface area (Å²) >= 11 is 0. The van der Waals surface area contributed by atoms with Crippen LogP contribution in [-0.4, -0.2) is 57.3 Å². The van der Waals surface area contributed by atoms with Gasteiger partial charge in [0.25, 0.3) is 5.88 Å². The Labute approximate surface area is 156 Å². The molecular formula is C16H14F4N6O2. The third kappa shape index (κ3) is 4.69. The fraction of sp³-hybridized carbons (Fsp3) is 0.312. The zero-order valence-corrected chi connectivity index (χ0v) is 14.3. The predicted molar refractivity (Wildman–Crippen MR) is 88.2 cm³/mol. The van der Waals surface area contributed by atoms with Crippen LogP contribution in [0, 0.1) is 0 Å². The van der Waals surface area contributed by atoms with Gasteiger partial charge < -0.3 is 14.5 Å². The number of anilines is 1. The summed E-state index contributed by atoms with van der Waals surface area (Å²) in [5.41, 5.74) is 0. The van der Waals surface area contributed by atoms with E-state index in [1.54, 1.807) is 4.90 Å². The van der Waals surface area contributed by atoms with Crippen molar-refractivity contribution in [3.63, 3.8) is 0 Å². The van der Waals surface area contributed by atoms with Crippen LogP contribution in [0.15, 0.2) is 36.8 Å². The molecule has 0 spiro atoms. The van der Waals surface area contributed by atoms with Crippen LogP contribution >= 0.6 is 0 Å². The molecule has 0 N–H and O–H groups in total. The average molecular weight is 398 g/mol. The maximum Gasteiger partial charge on any atom is 0.451 e. The molecule has 0 aliphatic carbocycles. The minimum atomic E-state index is -4.65. The SMILES string of the molecule is O=CC(F)=CN1CCN(c2nccnc2Oc2cnc(C(F)(F)F)nc2)CC1. The number of nitrogens with zero attached hydrogens (tertiary/aromatic N) is 6. The van der Waals surface area contributed by atoms with E-state index < -0.39 is 17.8 Å². The maximum absolute atomic E-state index is 13.1. The van der Waals surface area contributed by atoms with E-state index in [0.29, 0.717) is 32.0 Å². The normalized spacial score (nSPS) is 15.5. The molecule has 28 heavy (non-hydrogen) atoms. The highest BCUT2D eigenvalue weighted by atomic mass is 19.4. The number of alkyl halides is 3. The van der Waals surface area contributed by atoms with Crippen LogP contribution in [0.25, 0.3) is 0 Å². The van der Waals surface area contributed by atoms with Gasteiger partial charge in [-0.05, 0) is 0 Å². The van der Waals surface area contributed by atoms with Gasteiger partial charge >= 0.3 is 6.18 Å². The first kappa shape index (κ1) is 19.5. The average Bonchev–Trinajstić information content (AvgIpc) is 2.69. The van der Waals surface area contributed by atoms with Gasteiger partial charge in [0.15, 0.2) is 23.7 Å². The van der Waals surface area contributed by atoms with E-state index in [4.69, 9.17) is 4.74 Å². The lowest BCUT2D eigenvalue weighted by Gasteiger charge is -2.34. The summed E-state index contributed by atoms with van der Waals surface area (Å²) in [6.45, 7) is 1.75. The summed E-state index contributed by atoms with van der Waals surface area (Å²) in [6, 6.07) is 0. The standard InChI is InChI=1S/C16H14F4N6O2/c17-11(10-27)9-25-3-5-26(6-4-25)13-14(22-2-1-21-13)28-12-7-23-15(24-8-12)16(18,19)20/h1-2,7-10H,3-6H2. The minimum absolute atomic E-state index is 0.0237. The van der Waals surface area contributed by atoms with Gasteiger partial charge in [-0.2, -0.15) is 13.2 Å². The van der Waals surface area contributed by atoms with Crippen LogP contribution in [0.3, 0.4) is 0 Å². The second-order valence-electron chi connectivity index (χ2n) is 5.68. The lowest BCUT2D eigenvalue weighted by atomic mass is 10.3. The number of hydrogen-bond acceptors (Lipinski definition) is 8. The van der Waals surface area contributed by atoms with Gasteiger partial charge in [0, 0.05) is 44.8 Å². The van der Waals surface area contributed by atoms with Crippen molar-refractivity contribution in [1.82, 2.24) is 24.8 Å². The second-order valence-corrected chi connectivity index (χ2v) is 5.68. The number of aromatic nitrogens is 4. The lowest BCUT2D eigenvalue weighted by Crippen LogP contribution is -2.44. The molecule has 2 aromatic rings. The maximum atomic E-state index is 13.1. The molecule has 1 aliphatic heterocycles. The molecule has 1 aliphatic rings. The molecule has 1 saturated heterocycles. The number of allylic oxidation sites excluding steroid dienone is 1. The summed E-state index contributed by atoms with van der Waals surface area (Å²) in [6.07, 6.45) is 1.25. The van der Waals surface area contributed by atoms with E-state index in [0.717, 1.165) is 18.6 Å². The van der Waals surface area contributed by atoms with Crippen LogP contribution in [0.5, 0.6) is 11.6 Å². The fourth-order valence-electron chi connectivity index (χ4n) is 2.50. The number of carbonyl (C=O) groups excluding carboxylic acids is 1. The van der Waals surface area contributed by atoms with E-state index in [1.807, 2.05) is 4.90 Å². The van der Waals surface area contributed by atoms with Gasteiger partial charge in [0.2, 0.25) is 5.82 Å². The smallest absolute Gasteiger partial charge is 0.433 e. The third-order valence-electron chi connectivity index (χ3n) is 3.78. The Bertz CT molecular complexity index is 851. The zero-order valence-electron chi connectivity index (χ0n) is 14.3. The molecule has 3 rings (SSSR count). The summed E-state index contributed by atoms with van der Waals surface area (Å²) in [4.78, 5) is 28.6. The first-order valence-electron chi connectivity index (χ1n) is 8.06. The number of aldehydes is 1. The number of carbonyl (C=O) groups is 1. The Balaban J connectivity index is 1.71. The number of rotatable bonds is 5. The first-order valence-corrected chi connectivity index (χ1v) is 8.06. The summed E-state index contributed by atoms with van der Waals surface area (Å²) in [5, 5.41) is 0. The van der Waals surface area contributed by atoms with Gasteiger partial charge in [0.05, 0.1) is 12.4 Å². The van der Waals surface area contributed by atoms with E-state index in [9.17, 15) is 22.4 Å². The van der Waals surface area contributed by atoms with Crippen molar-refractivity contribution in [2.45, 2.75) is 6.18 Å². The number of ether oxygens (including phenoxy) is 1. The van der Waals surface area contributed by atoms with Crippen LogP contribution in [0.4, 0.5) is 23.4 Å². The molecule has 1 fully saturated rings. The largest absolute Gasteiger partial charge is 0.451 e. The Morgan fingerprint density at radius 2 is 1.68 bits per heavy atom. The van der Waals surface area contributed by atoms with E-state index in [2.05, 4.69) is 19.9 Å². The molecule has 0 amide bonds. The van der Waals surface area contributed by atoms with Crippen LogP contribution in [-0.2, 0) is 11.0 Å². The quantitative estimate of drug-likeness (QED) is 0.431. The van der Waals surface area contributed by atoms with Crippen molar-refractivity contribution < 1.29 is 27.1 Å². The van der Waals surface area contributed by atoms with Gasteiger partial charge in [-0.15, -0.1) is 0 Å². The highest BCUT2D eigenvalue weighted by Gasteiger charge is 2.34. The van der Waals surface area contributed by atoms with Gasteiger partial charge in [0.1, 0.15) is 0 Å². The Hall–Kier alpha value is -3.31. The first-order chi connectivity index (χ1) is 13.4. The molecule has 0 saturated carbocycles. The number of piperazine rings is 1. The molecule has 0 unspecified atom stereocenters. The predicted octanol–water partition coefficient (Wildman–Crippen LogP) is 2.21. The molecule has 0 aromatic carbocycles. The molecule has 2 aromatic heterocycles. The number of hydrogen-bond donors (Lipinski definition) is 0. The van der Waals surface area contributed by atoms with Crippen molar-refractivity contribution in [2.24, 2.45) is 0 Å².